The molecule has 34 heavy (non-hydrogen) atoms. The first-order valence-corrected chi connectivity index (χ1v) is 11.7. The number of rotatable bonds is 5. The normalized spacial score (nSPS) is 15.6. The zero-order valence-corrected chi connectivity index (χ0v) is 19.5. The van der Waals surface area contributed by atoms with E-state index in [1.165, 1.54) is 5.56 Å². The lowest BCUT2D eigenvalue weighted by Gasteiger charge is -2.29. The number of ether oxygens (including phenoxy) is 2. The van der Waals surface area contributed by atoms with E-state index in [4.69, 9.17) is 21.1 Å². The van der Waals surface area contributed by atoms with Gasteiger partial charge in [0.2, 0.25) is 5.95 Å². The molecule has 2 aliphatic rings. The van der Waals surface area contributed by atoms with Crippen molar-refractivity contribution in [2.24, 2.45) is 0 Å². The first-order chi connectivity index (χ1) is 16.6. The quantitative estimate of drug-likeness (QED) is 0.543. The third kappa shape index (κ3) is 5.40. The molecule has 8 nitrogen and oxygen atoms in total. The summed E-state index contributed by atoms with van der Waals surface area (Å²) >= 11 is 6.27. The van der Waals surface area contributed by atoms with Crippen LogP contribution in [0.3, 0.4) is 0 Å². The number of anilines is 3. The Hall–Kier alpha value is -3.36. The second kappa shape index (κ2) is 10.3. The number of hydrogen-bond donors (Lipinski definition) is 1. The summed E-state index contributed by atoms with van der Waals surface area (Å²) in [5.41, 5.74) is 4.10. The third-order valence-electron chi connectivity index (χ3n) is 5.95. The van der Waals surface area contributed by atoms with Crippen LogP contribution in [-0.4, -0.2) is 53.8 Å². The van der Waals surface area contributed by atoms with Gasteiger partial charge in [-0.05, 0) is 35.2 Å². The van der Waals surface area contributed by atoms with Crippen molar-refractivity contribution in [3.05, 3.63) is 76.4 Å². The van der Waals surface area contributed by atoms with Gasteiger partial charge in [0.15, 0.2) is 0 Å². The smallest absolute Gasteiger partial charge is 0.410 e. The zero-order chi connectivity index (χ0) is 23.3. The number of benzene rings is 2. The van der Waals surface area contributed by atoms with E-state index in [1.807, 2.05) is 42.5 Å². The van der Waals surface area contributed by atoms with Gasteiger partial charge in [-0.1, -0.05) is 48.0 Å². The molecule has 0 aliphatic carbocycles. The largest absolute Gasteiger partial charge is 0.445 e. The number of nitrogens with one attached hydrogen (secondary N) is 1. The predicted molar refractivity (Wildman–Crippen MR) is 131 cm³/mol. The molecule has 9 heteroatoms. The number of carbonyl (C=O) groups is 1. The molecule has 5 rings (SSSR count). The summed E-state index contributed by atoms with van der Waals surface area (Å²) in [5.74, 6) is 1.21. The lowest BCUT2D eigenvalue weighted by Crippen LogP contribution is -2.36. The lowest BCUT2D eigenvalue weighted by molar-refractivity contribution is 0.0918. The van der Waals surface area contributed by atoms with Crippen LogP contribution in [0.5, 0.6) is 0 Å². The van der Waals surface area contributed by atoms with Gasteiger partial charge in [-0.15, -0.1) is 0 Å². The minimum absolute atomic E-state index is 0.266. The van der Waals surface area contributed by atoms with E-state index in [2.05, 4.69) is 26.3 Å². The Labute approximate surface area is 203 Å². The predicted octanol–water partition coefficient (Wildman–Crippen LogP) is 4.41. The number of aromatic nitrogens is 2. The summed E-state index contributed by atoms with van der Waals surface area (Å²) in [6.07, 6.45) is 0.478. The molecule has 0 bridgehead atoms. The number of carbonyl (C=O) groups excluding carboxylic acids is 1. The number of halogens is 1. The van der Waals surface area contributed by atoms with Gasteiger partial charge in [0.05, 0.1) is 13.2 Å². The van der Waals surface area contributed by atoms with Crippen LogP contribution in [-0.2, 0) is 29.0 Å². The van der Waals surface area contributed by atoms with Gasteiger partial charge in [-0.2, -0.15) is 4.98 Å². The van der Waals surface area contributed by atoms with Gasteiger partial charge in [0, 0.05) is 37.9 Å². The van der Waals surface area contributed by atoms with Crippen LogP contribution in [0.1, 0.15) is 16.7 Å². The van der Waals surface area contributed by atoms with Crippen LogP contribution in [0.4, 0.5) is 22.2 Å². The zero-order valence-electron chi connectivity index (χ0n) is 18.7. The molecule has 3 heterocycles. The molecular weight excluding hydrogens is 454 g/mol. The van der Waals surface area contributed by atoms with Crippen molar-refractivity contribution in [2.45, 2.75) is 19.6 Å². The highest BCUT2D eigenvalue weighted by Gasteiger charge is 2.22. The van der Waals surface area contributed by atoms with Gasteiger partial charge in [0.1, 0.15) is 17.6 Å². The first-order valence-electron chi connectivity index (χ1n) is 11.4. The molecule has 0 unspecified atom stereocenters. The van der Waals surface area contributed by atoms with E-state index in [0.717, 1.165) is 42.1 Å². The molecule has 0 spiro atoms. The summed E-state index contributed by atoms with van der Waals surface area (Å²) in [6.45, 7) is 4.26. The first kappa shape index (κ1) is 22.4. The Balaban J connectivity index is 1.25. The highest BCUT2D eigenvalue weighted by atomic mass is 35.5. The van der Waals surface area contributed by atoms with Gasteiger partial charge in [-0.3, -0.25) is 0 Å². The van der Waals surface area contributed by atoms with Gasteiger partial charge < -0.3 is 24.6 Å². The number of hydrogen-bond acceptors (Lipinski definition) is 7. The minimum Gasteiger partial charge on any atom is -0.445 e. The summed E-state index contributed by atoms with van der Waals surface area (Å²) in [5, 5.41) is 3.64. The summed E-state index contributed by atoms with van der Waals surface area (Å²) < 4.78 is 10.9. The van der Waals surface area contributed by atoms with Crippen LogP contribution < -0.4 is 10.2 Å². The van der Waals surface area contributed by atoms with Crippen LogP contribution in [0.15, 0.2) is 54.6 Å². The Morgan fingerprint density at radius 3 is 2.68 bits per heavy atom. The van der Waals surface area contributed by atoms with Crippen molar-refractivity contribution in [1.29, 1.82) is 0 Å². The molecule has 1 N–H and O–H groups in total. The number of amides is 1. The van der Waals surface area contributed by atoms with E-state index < -0.39 is 0 Å². The molecule has 2 aromatic carbocycles. The Kier molecular flexibility index (Phi) is 6.78. The van der Waals surface area contributed by atoms with Crippen LogP contribution in [0, 0.1) is 0 Å². The minimum atomic E-state index is -0.304. The average Bonchev–Trinajstić information content (AvgIpc) is 2.87. The highest BCUT2D eigenvalue weighted by Crippen LogP contribution is 2.26. The lowest BCUT2D eigenvalue weighted by atomic mass is 9.99. The molecule has 1 aromatic heterocycles. The van der Waals surface area contributed by atoms with E-state index in [0.29, 0.717) is 37.4 Å². The van der Waals surface area contributed by atoms with E-state index in [9.17, 15) is 4.79 Å². The maximum absolute atomic E-state index is 12.6. The molecule has 0 radical (unpaired) electrons. The fourth-order valence-corrected chi connectivity index (χ4v) is 4.32. The van der Waals surface area contributed by atoms with Crippen molar-refractivity contribution in [2.75, 3.05) is 43.1 Å². The summed E-state index contributed by atoms with van der Waals surface area (Å²) in [7, 11) is 0. The van der Waals surface area contributed by atoms with E-state index in [1.54, 1.807) is 11.0 Å². The van der Waals surface area contributed by atoms with Gasteiger partial charge >= 0.3 is 6.09 Å². The second-order valence-electron chi connectivity index (χ2n) is 8.29. The molecule has 3 aromatic rings. The van der Waals surface area contributed by atoms with Crippen molar-refractivity contribution in [3.63, 3.8) is 0 Å². The standard InChI is InChI=1S/C25H26ClN5O3/c26-22-15-23(30-10-12-33-13-11-30)29-24(28-22)27-21-7-6-19-8-9-31(16-20(19)14-21)25(32)34-17-18-4-2-1-3-5-18/h1-7,14-15H,8-13,16-17H2,(H,27,28,29). The number of nitrogens with zero attached hydrogens (tertiary/aromatic N) is 4. The third-order valence-corrected chi connectivity index (χ3v) is 6.15. The monoisotopic (exact) mass is 479 g/mol. The summed E-state index contributed by atoms with van der Waals surface area (Å²) in [6, 6.07) is 17.6. The van der Waals surface area contributed by atoms with Crippen LogP contribution in [0.2, 0.25) is 5.15 Å². The second-order valence-corrected chi connectivity index (χ2v) is 8.68. The number of fused-ring (bicyclic) bond motifs is 1. The molecule has 176 valence electrons. The maximum Gasteiger partial charge on any atom is 0.410 e. The fourth-order valence-electron chi connectivity index (χ4n) is 4.15. The molecule has 1 amide bonds. The highest BCUT2D eigenvalue weighted by molar-refractivity contribution is 6.29. The van der Waals surface area contributed by atoms with E-state index in [-0.39, 0.29) is 12.7 Å². The van der Waals surface area contributed by atoms with Crippen molar-refractivity contribution in [1.82, 2.24) is 14.9 Å². The average molecular weight is 480 g/mol. The molecule has 2 aliphatic heterocycles. The van der Waals surface area contributed by atoms with E-state index >= 15 is 0 Å². The summed E-state index contributed by atoms with van der Waals surface area (Å²) in [4.78, 5) is 25.5. The maximum atomic E-state index is 12.6. The molecule has 1 fully saturated rings. The number of morpholine rings is 1. The topological polar surface area (TPSA) is 79.8 Å². The fraction of sp³-hybridized carbons (Fsp3) is 0.320. The molecule has 0 atom stereocenters. The molecule has 0 saturated carbocycles. The Bertz CT molecular complexity index is 1150. The van der Waals surface area contributed by atoms with Crippen molar-refractivity contribution >= 4 is 35.1 Å². The SMILES string of the molecule is O=C(OCc1ccccc1)N1CCc2ccc(Nc3nc(Cl)cc(N4CCOCC4)n3)cc2C1. The van der Waals surface area contributed by atoms with Crippen LogP contribution in [0.25, 0.3) is 0 Å². The van der Waals surface area contributed by atoms with Crippen LogP contribution >= 0.6 is 11.6 Å². The van der Waals surface area contributed by atoms with Crippen molar-refractivity contribution in [3.8, 4) is 0 Å². The Morgan fingerprint density at radius 2 is 1.85 bits per heavy atom. The molecular formula is C25H26ClN5O3. The van der Waals surface area contributed by atoms with Gasteiger partial charge in [0.25, 0.3) is 0 Å². The molecule has 1 saturated heterocycles. The van der Waals surface area contributed by atoms with Gasteiger partial charge in [-0.25, -0.2) is 9.78 Å². The Morgan fingerprint density at radius 1 is 1.03 bits per heavy atom. The van der Waals surface area contributed by atoms with Crippen molar-refractivity contribution < 1.29 is 14.3 Å².